The molecule has 2 aliphatic rings. The predicted molar refractivity (Wildman–Crippen MR) is 126 cm³/mol. The lowest BCUT2D eigenvalue weighted by Crippen LogP contribution is -2.08. The predicted octanol–water partition coefficient (Wildman–Crippen LogP) is 5.75. The molecule has 0 unspecified atom stereocenters. The SMILES string of the molecule is Cc1cc(C(=O)CSc2nnc(-c3ccc4c(c3)OCO4)o2)c(C)n1CCC1=CCCCC1. The minimum atomic E-state index is 0.0686. The van der Waals surface area contributed by atoms with Crippen molar-refractivity contribution in [1.29, 1.82) is 0 Å². The average molecular weight is 466 g/mol. The quantitative estimate of drug-likeness (QED) is 0.238. The van der Waals surface area contributed by atoms with Crippen molar-refractivity contribution >= 4 is 17.5 Å². The highest BCUT2D eigenvalue weighted by Crippen LogP contribution is 2.36. The van der Waals surface area contributed by atoms with Crippen LogP contribution in [0.15, 0.2) is 45.6 Å². The van der Waals surface area contributed by atoms with Gasteiger partial charge < -0.3 is 18.5 Å². The molecule has 0 saturated heterocycles. The molecule has 0 radical (unpaired) electrons. The fraction of sp³-hybridized carbons (Fsp3) is 0.400. The van der Waals surface area contributed by atoms with Gasteiger partial charge in [-0.05, 0) is 70.2 Å². The Morgan fingerprint density at radius 2 is 2.00 bits per heavy atom. The number of hydrogen-bond donors (Lipinski definition) is 0. The minimum absolute atomic E-state index is 0.0686. The molecule has 0 bridgehead atoms. The first-order chi connectivity index (χ1) is 16.1. The maximum atomic E-state index is 12.9. The second kappa shape index (κ2) is 9.47. The number of Topliss-reactive ketones (excluding diaryl/α,β-unsaturated/α-hetero) is 1. The fourth-order valence-electron chi connectivity index (χ4n) is 4.43. The zero-order chi connectivity index (χ0) is 22.8. The molecule has 0 N–H and O–H groups in total. The number of carbonyl (C=O) groups excluding carboxylic acids is 1. The maximum absolute atomic E-state index is 12.9. The lowest BCUT2D eigenvalue weighted by molar-refractivity contribution is 0.102. The molecule has 1 aromatic carbocycles. The van der Waals surface area contributed by atoms with E-state index in [0.29, 0.717) is 22.6 Å². The van der Waals surface area contributed by atoms with Crippen LogP contribution in [-0.4, -0.2) is 33.1 Å². The number of hydrogen-bond acceptors (Lipinski definition) is 7. The first-order valence-corrected chi connectivity index (χ1v) is 12.3. The summed E-state index contributed by atoms with van der Waals surface area (Å²) in [7, 11) is 0. The van der Waals surface area contributed by atoms with Gasteiger partial charge in [0.2, 0.25) is 12.7 Å². The molecule has 1 aliphatic carbocycles. The van der Waals surface area contributed by atoms with Crippen molar-refractivity contribution in [2.45, 2.75) is 57.7 Å². The zero-order valence-corrected chi connectivity index (χ0v) is 19.7. The van der Waals surface area contributed by atoms with Gasteiger partial charge in [0.25, 0.3) is 5.22 Å². The minimum Gasteiger partial charge on any atom is -0.454 e. The summed E-state index contributed by atoms with van der Waals surface area (Å²) in [5, 5.41) is 8.57. The van der Waals surface area contributed by atoms with Crippen molar-refractivity contribution in [1.82, 2.24) is 14.8 Å². The van der Waals surface area contributed by atoms with E-state index < -0.39 is 0 Å². The first-order valence-electron chi connectivity index (χ1n) is 11.3. The van der Waals surface area contributed by atoms with E-state index in [2.05, 4.69) is 27.8 Å². The van der Waals surface area contributed by atoms with Crippen LogP contribution in [0.5, 0.6) is 11.5 Å². The van der Waals surface area contributed by atoms with Crippen LogP contribution in [0.3, 0.4) is 0 Å². The number of rotatable bonds is 8. The van der Waals surface area contributed by atoms with Crippen LogP contribution in [-0.2, 0) is 6.54 Å². The Balaban J connectivity index is 1.21. The van der Waals surface area contributed by atoms with Gasteiger partial charge in [0.1, 0.15) is 0 Å². The van der Waals surface area contributed by atoms with Crippen molar-refractivity contribution in [2.24, 2.45) is 0 Å². The van der Waals surface area contributed by atoms with Crippen molar-refractivity contribution in [2.75, 3.05) is 12.5 Å². The van der Waals surface area contributed by atoms with Crippen LogP contribution >= 0.6 is 11.8 Å². The largest absolute Gasteiger partial charge is 0.454 e. The summed E-state index contributed by atoms with van der Waals surface area (Å²) in [6.45, 7) is 5.24. The summed E-state index contributed by atoms with van der Waals surface area (Å²) in [5.74, 6) is 2.06. The third-order valence-corrected chi connectivity index (χ3v) is 7.09. The zero-order valence-electron chi connectivity index (χ0n) is 18.9. The monoisotopic (exact) mass is 465 g/mol. The van der Waals surface area contributed by atoms with E-state index >= 15 is 0 Å². The molecule has 5 rings (SSSR count). The van der Waals surface area contributed by atoms with E-state index in [1.54, 1.807) is 5.57 Å². The fourth-order valence-corrected chi connectivity index (χ4v) is 5.08. The van der Waals surface area contributed by atoms with Crippen LogP contribution in [0.1, 0.15) is 53.8 Å². The van der Waals surface area contributed by atoms with Crippen LogP contribution in [0.2, 0.25) is 0 Å². The van der Waals surface area contributed by atoms with E-state index in [9.17, 15) is 4.79 Å². The summed E-state index contributed by atoms with van der Waals surface area (Å²) in [5.41, 5.74) is 5.22. The van der Waals surface area contributed by atoms with Gasteiger partial charge in [0.05, 0.1) is 5.75 Å². The Morgan fingerprint density at radius 3 is 2.85 bits per heavy atom. The molecule has 0 saturated carbocycles. The Kier molecular flexibility index (Phi) is 6.26. The Labute approximate surface area is 197 Å². The number of benzene rings is 1. The molecule has 33 heavy (non-hydrogen) atoms. The van der Waals surface area contributed by atoms with E-state index in [1.165, 1.54) is 37.4 Å². The van der Waals surface area contributed by atoms with Crippen LogP contribution in [0, 0.1) is 13.8 Å². The van der Waals surface area contributed by atoms with E-state index in [4.69, 9.17) is 13.9 Å². The number of thioether (sulfide) groups is 1. The number of nitrogens with zero attached hydrogens (tertiary/aromatic N) is 3. The molecule has 0 fully saturated rings. The Morgan fingerprint density at radius 1 is 1.12 bits per heavy atom. The summed E-state index contributed by atoms with van der Waals surface area (Å²) >= 11 is 1.26. The summed E-state index contributed by atoms with van der Waals surface area (Å²) in [6, 6.07) is 7.48. The third-order valence-electron chi connectivity index (χ3n) is 6.27. The lowest BCUT2D eigenvalue weighted by atomic mass is 9.97. The molecule has 0 atom stereocenters. The first kappa shape index (κ1) is 21.8. The van der Waals surface area contributed by atoms with Gasteiger partial charge in [-0.3, -0.25) is 4.79 Å². The van der Waals surface area contributed by atoms with Crippen molar-refractivity contribution < 1.29 is 18.7 Å². The van der Waals surface area contributed by atoms with Gasteiger partial charge in [-0.15, -0.1) is 10.2 Å². The number of ketones is 1. The molecular weight excluding hydrogens is 438 g/mol. The summed E-state index contributed by atoms with van der Waals surface area (Å²) < 4.78 is 18.8. The van der Waals surface area contributed by atoms with Crippen molar-refractivity contribution in [3.8, 4) is 23.0 Å². The number of ether oxygens (including phenoxy) is 2. The smallest absolute Gasteiger partial charge is 0.277 e. The highest BCUT2D eigenvalue weighted by atomic mass is 32.2. The molecule has 8 heteroatoms. The number of allylic oxidation sites excluding steroid dienone is 2. The normalized spacial score (nSPS) is 15.0. The Bertz CT molecular complexity index is 1210. The molecule has 0 amide bonds. The van der Waals surface area contributed by atoms with Gasteiger partial charge in [-0.25, -0.2) is 0 Å². The molecule has 3 aromatic rings. The molecule has 2 aromatic heterocycles. The van der Waals surface area contributed by atoms with Crippen LogP contribution in [0.25, 0.3) is 11.5 Å². The third kappa shape index (κ3) is 4.71. The number of aryl methyl sites for hydroxylation is 1. The molecule has 0 spiro atoms. The second-order valence-electron chi connectivity index (χ2n) is 8.45. The second-order valence-corrected chi connectivity index (χ2v) is 9.37. The topological polar surface area (TPSA) is 79.4 Å². The van der Waals surface area contributed by atoms with Gasteiger partial charge in [-0.2, -0.15) is 0 Å². The van der Waals surface area contributed by atoms with Crippen molar-refractivity contribution in [3.05, 3.63) is 52.9 Å². The molecule has 1 aliphatic heterocycles. The van der Waals surface area contributed by atoms with Gasteiger partial charge in [0, 0.05) is 29.1 Å². The van der Waals surface area contributed by atoms with Gasteiger partial charge >= 0.3 is 0 Å². The maximum Gasteiger partial charge on any atom is 0.277 e. The summed E-state index contributed by atoms with van der Waals surface area (Å²) in [6.07, 6.45) is 8.46. The molecular formula is C25H27N3O4S. The molecule has 7 nitrogen and oxygen atoms in total. The molecule has 172 valence electrons. The van der Waals surface area contributed by atoms with E-state index in [0.717, 1.165) is 35.5 Å². The van der Waals surface area contributed by atoms with Gasteiger partial charge in [-0.1, -0.05) is 23.4 Å². The van der Waals surface area contributed by atoms with Gasteiger partial charge in [0.15, 0.2) is 17.3 Å². The van der Waals surface area contributed by atoms with Crippen molar-refractivity contribution in [3.63, 3.8) is 0 Å². The summed E-state index contributed by atoms with van der Waals surface area (Å²) in [4.78, 5) is 12.9. The number of fused-ring (bicyclic) bond motifs is 1. The number of carbonyl (C=O) groups is 1. The standard InChI is InChI=1S/C25H27N3O4S/c1-16-12-20(17(2)28(16)11-10-18-6-4-3-5-7-18)21(29)14-33-25-27-26-24(32-25)19-8-9-22-23(13-19)31-15-30-22/h6,8-9,12-13H,3-5,7,10-11,14-15H2,1-2H3. The lowest BCUT2D eigenvalue weighted by Gasteiger charge is -2.15. The van der Waals surface area contributed by atoms with E-state index in [-0.39, 0.29) is 18.3 Å². The number of aromatic nitrogens is 3. The van der Waals surface area contributed by atoms with Crippen LogP contribution < -0.4 is 9.47 Å². The highest BCUT2D eigenvalue weighted by molar-refractivity contribution is 7.99. The highest BCUT2D eigenvalue weighted by Gasteiger charge is 2.19. The molecule has 3 heterocycles. The van der Waals surface area contributed by atoms with E-state index in [1.807, 2.05) is 31.2 Å². The van der Waals surface area contributed by atoms with Crippen LogP contribution in [0.4, 0.5) is 0 Å². The average Bonchev–Trinajstić information content (AvgIpc) is 3.56. The Hall–Kier alpha value is -3.00.